The van der Waals surface area contributed by atoms with Gasteiger partial charge in [-0.05, 0) is 17.5 Å². The van der Waals surface area contributed by atoms with Crippen LogP contribution in [0.15, 0.2) is 60.7 Å². The molecular formula is C25H36O. The zero-order valence-corrected chi connectivity index (χ0v) is 17.1. The fraction of sp³-hybridized carbons (Fsp3) is 0.520. The van der Waals surface area contributed by atoms with Crippen LogP contribution in [0.1, 0.15) is 76.8 Å². The first-order valence-corrected chi connectivity index (χ1v) is 10.2. The summed E-state index contributed by atoms with van der Waals surface area (Å²) < 4.78 is 6.37. The highest BCUT2D eigenvalue weighted by Gasteiger charge is 2.47. The Bertz CT molecular complexity index is 576. The summed E-state index contributed by atoms with van der Waals surface area (Å²) in [6.07, 6.45) is 9.09. The molecule has 0 aliphatic rings. The minimum absolute atomic E-state index is 0.00475. The second-order valence-corrected chi connectivity index (χ2v) is 8.02. The maximum Gasteiger partial charge on any atom is 0.123 e. The van der Waals surface area contributed by atoms with E-state index >= 15 is 0 Å². The van der Waals surface area contributed by atoms with Gasteiger partial charge in [-0.3, -0.25) is 0 Å². The van der Waals surface area contributed by atoms with Gasteiger partial charge < -0.3 is 4.74 Å². The zero-order valence-electron chi connectivity index (χ0n) is 17.1. The molecule has 0 saturated heterocycles. The predicted molar refractivity (Wildman–Crippen MR) is 112 cm³/mol. The molecule has 2 aromatic rings. The average molecular weight is 353 g/mol. The lowest BCUT2D eigenvalue weighted by Crippen LogP contribution is -2.44. The Morgan fingerprint density at radius 1 is 0.692 bits per heavy atom. The van der Waals surface area contributed by atoms with Crippen molar-refractivity contribution in [3.05, 3.63) is 71.8 Å². The second-order valence-electron chi connectivity index (χ2n) is 8.02. The van der Waals surface area contributed by atoms with Crippen molar-refractivity contribution in [2.45, 2.75) is 71.3 Å². The van der Waals surface area contributed by atoms with E-state index in [9.17, 15) is 0 Å². The highest BCUT2D eigenvalue weighted by molar-refractivity contribution is 5.39. The van der Waals surface area contributed by atoms with E-state index in [2.05, 4.69) is 81.4 Å². The molecule has 142 valence electrons. The molecule has 0 bridgehead atoms. The van der Waals surface area contributed by atoms with E-state index in [1.165, 1.54) is 49.7 Å². The Kier molecular flexibility index (Phi) is 7.90. The topological polar surface area (TPSA) is 9.23 Å². The van der Waals surface area contributed by atoms with Crippen LogP contribution in [0.25, 0.3) is 0 Å². The van der Waals surface area contributed by atoms with Gasteiger partial charge >= 0.3 is 0 Å². The number of rotatable bonds is 11. The van der Waals surface area contributed by atoms with Gasteiger partial charge in [0.25, 0.3) is 0 Å². The molecule has 1 nitrogen and oxygen atoms in total. The third kappa shape index (κ3) is 4.57. The molecule has 0 aliphatic carbocycles. The Hall–Kier alpha value is -1.60. The SMILES string of the molecule is CCCCCCCCC(C)(C)C(OC)(c1ccccc1)c1ccccc1. The smallest absolute Gasteiger partial charge is 0.123 e. The second kappa shape index (κ2) is 9.92. The summed E-state index contributed by atoms with van der Waals surface area (Å²) in [5.74, 6) is 0. The number of hydrogen-bond donors (Lipinski definition) is 0. The van der Waals surface area contributed by atoms with Crippen molar-refractivity contribution < 1.29 is 4.74 Å². The number of benzene rings is 2. The Labute approximate surface area is 160 Å². The maximum atomic E-state index is 6.37. The molecule has 2 aromatic carbocycles. The summed E-state index contributed by atoms with van der Waals surface area (Å²) in [7, 11) is 1.86. The average Bonchev–Trinajstić information content (AvgIpc) is 2.67. The number of methoxy groups -OCH3 is 1. The Balaban J connectivity index is 2.28. The molecule has 0 spiro atoms. The monoisotopic (exact) mass is 352 g/mol. The molecule has 26 heavy (non-hydrogen) atoms. The number of unbranched alkanes of at least 4 members (excludes halogenated alkanes) is 5. The lowest BCUT2D eigenvalue weighted by Gasteiger charge is -2.47. The molecule has 0 N–H and O–H groups in total. The van der Waals surface area contributed by atoms with E-state index < -0.39 is 5.60 Å². The lowest BCUT2D eigenvalue weighted by molar-refractivity contribution is -0.0780. The normalized spacial score (nSPS) is 12.3. The fourth-order valence-electron chi connectivity index (χ4n) is 4.33. The van der Waals surface area contributed by atoms with Gasteiger partial charge in [-0.15, -0.1) is 0 Å². The van der Waals surface area contributed by atoms with Crippen molar-refractivity contribution in [2.24, 2.45) is 5.41 Å². The van der Waals surface area contributed by atoms with E-state index in [1.54, 1.807) is 0 Å². The first kappa shape index (κ1) is 20.7. The summed E-state index contributed by atoms with van der Waals surface area (Å²) in [5.41, 5.74) is 2.04. The van der Waals surface area contributed by atoms with Crippen molar-refractivity contribution in [3.63, 3.8) is 0 Å². The van der Waals surface area contributed by atoms with Gasteiger partial charge in [0.05, 0.1) is 0 Å². The van der Waals surface area contributed by atoms with Crippen molar-refractivity contribution in [2.75, 3.05) is 7.11 Å². The van der Waals surface area contributed by atoms with Crippen LogP contribution in [0.5, 0.6) is 0 Å². The quantitative estimate of drug-likeness (QED) is 0.384. The molecule has 0 atom stereocenters. The van der Waals surface area contributed by atoms with Gasteiger partial charge in [-0.2, -0.15) is 0 Å². The maximum absolute atomic E-state index is 6.37. The minimum Gasteiger partial charge on any atom is -0.368 e. The summed E-state index contributed by atoms with van der Waals surface area (Å²) >= 11 is 0. The zero-order chi connectivity index (χ0) is 18.9. The van der Waals surface area contributed by atoms with E-state index in [-0.39, 0.29) is 5.41 Å². The molecular weight excluding hydrogens is 316 g/mol. The number of ether oxygens (including phenoxy) is 1. The summed E-state index contributed by atoms with van der Waals surface area (Å²) in [4.78, 5) is 0. The lowest BCUT2D eigenvalue weighted by atomic mass is 9.64. The Morgan fingerprint density at radius 2 is 1.15 bits per heavy atom. The van der Waals surface area contributed by atoms with Gasteiger partial charge in [-0.1, -0.05) is 120 Å². The molecule has 0 radical (unpaired) electrons. The van der Waals surface area contributed by atoms with Crippen LogP contribution in [-0.4, -0.2) is 7.11 Å². The summed E-state index contributed by atoms with van der Waals surface area (Å²) in [6, 6.07) is 21.5. The van der Waals surface area contributed by atoms with E-state index in [0.29, 0.717) is 0 Å². The highest BCUT2D eigenvalue weighted by atomic mass is 16.5. The van der Waals surface area contributed by atoms with Gasteiger partial charge in [0.1, 0.15) is 5.60 Å². The number of hydrogen-bond acceptors (Lipinski definition) is 1. The van der Waals surface area contributed by atoms with E-state index in [4.69, 9.17) is 4.74 Å². The van der Waals surface area contributed by atoms with Crippen LogP contribution in [0.2, 0.25) is 0 Å². The summed E-state index contributed by atoms with van der Waals surface area (Å²) in [5, 5.41) is 0. The van der Waals surface area contributed by atoms with E-state index in [0.717, 1.165) is 6.42 Å². The standard InChI is InChI=1S/C25H36O/c1-5-6-7-8-9-16-21-24(2,3)25(26-4,22-17-12-10-13-18-22)23-19-14-11-15-20-23/h10-15,17-20H,5-9,16,21H2,1-4H3. The molecule has 2 rings (SSSR count). The fourth-order valence-corrected chi connectivity index (χ4v) is 4.33. The molecule has 0 saturated carbocycles. The van der Waals surface area contributed by atoms with Crippen LogP contribution in [0.4, 0.5) is 0 Å². The van der Waals surface area contributed by atoms with Crippen LogP contribution >= 0.6 is 0 Å². The molecule has 1 heteroatoms. The molecule has 0 unspecified atom stereocenters. The van der Waals surface area contributed by atoms with Crippen LogP contribution in [-0.2, 0) is 10.3 Å². The van der Waals surface area contributed by atoms with Crippen molar-refractivity contribution >= 4 is 0 Å². The van der Waals surface area contributed by atoms with Crippen LogP contribution < -0.4 is 0 Å². The molecule has 0 heterocycles. The third-order valence-electron chi connectivity index (χ3n) is 5.78. The van der Waals surface area contributed by atoms with Gasteiger partial charge in [0.2, 0.25) is 0 Å². The van der Waals surface area contributed by atoms with Gasteiger partial charge in [-0.25, -0.2) is 0 Å². The van der Waals surface area contributed by atoms with E-state index in [1.807, 2.05) is 7.11 Å². The molecule has 0 amide bonds. The molecule has 0 aliphatic heterocycles. The van der Waals surface area contributed by atoms with Crippen molar-refractivity contribution in [1.82, 2.24) is 0 Å². The predicted octanol–water partition coefficient (Wildman–Crippen LogP) is 7.35. The van der Waals surface area contributed by atoms with Crippen molar-refractivity contribution in [1.29, 1.82) is 0 Å². The van der Waals surface area contributed by atoms with Gasteiger partial charge in [0.15, 0.2) is 0 Å². The van der Waals surface area contributed by atoms with Crippen LogP contribution in [0.3, 0.4) is 0 Å². The Morgan fingerprint density at radius 3 is 1.62 bits per heavy atom. The highest BCUT2D eigenvalue weighted by Crippen LogP contribution is 2.50. The van der Waals surface area contributed by atoms with Crippen LogP contribution in [0, 0.1) is 5.41 Å². The van der Waals surface area contributed by atoms with Crippen molar-refractivity contribution in [3.8, 4) is 0 Å². The third-order valence-corrected chi connectivity index (χ3v) is 5.78. The molecule has 0 aromatic heterocycles. The first-order valence-electron chi connectivity index (χ1n) is 10.2. The van der Waals surface area contributed by atoms with Gasteiger partial charge in [0, 0.05) is 12.5 Å². The molecule has 0 fully saturated rings. The first-order chi connectivity index (χ1) is 12.6. The largest absolute Gasteiger partial charge is 0.368 e. The minimum atomic E-state index is -0.432. The summed E-state index contributed by atoms with van der Waals surface area (Å²) in [6.45, 7) is 7.00.